The van der Waals surface area contributed by atoms with E-state index in [-0.39, 0.29) is 25.3 Å². The van der Waals surface area contributed by atoms with Gasteiger partial charge in [0, 0.05) is 23.6 Å². The number of unbranched alkanes of at least 4 members (excludes halogenated alkanes) is 1. The van der Waals surface area contributed by atoms with E-state index in [9.17, 15) is 32.3 Å². The van der Waals surface area contributed by atoms with Crippen LogP contribution in [-0.4, -0.2) is 39.9 Å². The lowest BCUT2D eigenvalue weighted by Crippen LogP contribution is -2.08. The van der Waals surface area contributed by atoms with Crippen molar-refractivity contribution in [2.45, 2.75) is 38.6 Å². The molecule has 0 fully saturated rings. The van der Waals surface area contributed by atoms with Gasteiger partial charge in [-0.25, -0.2) is 13.2 Å². The Morgan fingerprint density at radius 1 is 0.814 bits per heavy atom. The number of aromatic nitrogens is 1. The minimum absolute atomic E-state index is 0.0527. The van der Waals surface area contributed by atoms with Crippen molar-refractivity contribution in [3.8, 4) is 11.5 Å². The third-order valence-electron chi connectivity index (χ3n) is 6.59. The Kier molecular flexibility index (Phi) is 10.4. The molecule has 4 aromatic rings. The molecule has 0 aliphatic carbocycles. The van der Waals surface area contributed by atoms with Crippen LogP contribution in [0.15, 0.2) is 54.7 Å². The van der Waals surface area contributed by atoms with Crippen LogP contribution < -0.4 is 9.47 Å². The van der Waals surface area contributed by atoms with Crippen LogP contribution in [0.1, 0.15) is 42.4 Å². The molecule has 1 aromatic heterocycles. The maximum absolute atomic E-state index is 14.6. The van der Waals surface area contributed by atoms with Crippen molar-refractivity contribution in [3.05, 3.63) is 94.7 Å². The lowest BCUT2D eigenvalue weighted by molar-refractivity contribution is -0.138. The Bertz CT molecular complexity index is 1630. The SMILES string of the molecule is O=C(O)CCCc1cn(CC(=O)O)c2c(C=Cc3ccc(OCCCCOc4ccc(F)c(F)c4F)cc3)cc(F)cc12. The predicted molar refractivity (Wildman–Crippen MR) is 152 cm³/mol. The van der Waals surface area contributed by atoms with Gasteiger partial charge in [0.25, 0.3) is 0 Å². The molecule has 0 saturated carbocycles. The summed E-state index contributed by atoms with van der Waals surface area (Å²) < 4.78 is 66.9. The van der Waals surface area contributed by atoms with E-state index in [2.05, 4.69) is 0 Å². The number of carboxylic acid groups (broad SMARTS) is 2. The van der Waals surface area contributed by atoms with Crippen LogP contribution in [0.4, 0.5) is 17.6 Å². The molecule has 0 atom stereocenters. The van der Waals surface area contributed by atoms with Crippen molar-refractivity contribution >= 4 is 35.0 Å². The van der Waals surface area contributed by atoms with Gasteiger partial charge >= 0.3 is 11.9 Å². The zero-order chi connectivity index (χ0) is 30.9. The highest BCUT2D eigenvalue weighted by molar-refractivity contribution is 5.94. The standard InChI is InChI=1S/C32H29F4NO6/c33-23-16-21(32-25(17-23)22(4-3-5-28(38)39)18-37(32)19-29(40)41)9-6-20-7-10-24(11-8-20)42-14-1-2-15-43-27-13-12-26(34)30(35)31(27)36/h6-13,16-18H,1-5,14-15,19H2,(H,38,39)(H,40,41). The molecule has 43 heavy (non-hydrogen) atoms. The van der Waals surface area contributed by atoms with Gasteiger partial charge in [0.15, 0.2) is 17.4 Å². The second-order valence-electron chi connectivity index (χ2n) is 9.79. The van der Waals surface area contributed by atoms with Gasteiger partial charge in [0.1, 0.15) is 18.1 Å². The molecule has 0 spiro atoms. The van der Waals surface area contributed by atoms with Gasteiger partial charge < -0.3 is 24.3 Å². The zero-order valence-electron chi connectivity index (χ0n) is 23.0. The second-order valence-corrected chi connectivity index (χ2v) is 9.79. The molecule has 226 valence electrons. The van der Waals surface area contributed by atoms with E-state index < -0.39 is 35.2 Å². The number of aryl methyl sites for hydroxylation is 1. The van der Waals surface area contributed by atoms with E-state index in [1.165, 1.54) is 16.7 Å². The summed E-state index contributed by atoms with van der Waals surface area (Å²) >= 11 is 0. The molecule has 0 aliphatic heterocycles. The van der Waals surface area contributed by atoms with Crippen molar-refractivity contribution in [2.75, 3.05) is 13.2 Å². The lowest BCUT2D eigenvalue weighted by atomic mass is 10.0. The van der Waals surface area contributed by atoms with Crippen LogP contribution in [0.3, 0.4) is 0 Å². The summed E-state index contributed by atoms with van der Waals surface area (Å²) in [5.74, 6) is -6.47. The Morgan fingerprint density at radius 3 is 2.23 bits per heavy atom. The zero-order valence-corrected chi connectivity index (χ0v) is 23.0. The second kappa shape index (κ2) is 14.4. The van der Waals surface area contributed by atoms with Gasteiger partial charge in [0.2, 0.25) is 5.82 Å². The van der Waals surface area contributed by atoms with E-state index in [4.69, 9.17) is 14.6 Å². The number of halogens is 4. The lowest BCUT2D eigenvalue weighted by Gasteiger charge is -2.09. The van der Waals surface area contributed by atoms with E-state index in [0.29, 0.717) is 60.1 Å². The first kappa shape index (κ1) is 31.1. The Balaban J connectivity index is 1.36. The molecule has 0 radical (unpaired) electrons. The number of rotatable bonds is 15. The monoisotopic (exact) mass is 599 g/mol. The predicted octanol–water partition coefficient (Wildman–Crippen LogP) is 7.10. The molecule has 0 saturated heterocycles. The summed E-state index contributed by atoms with van der Waals surface area (Å²) in [7, 11) is 0. The number of benzene rings is 3. The fraction of sp³-hybridized carbons (Fsp3) is 0.250. The van der Waals surface area contributed by atoms with Crippen LogP contribution >= 0.6 is 0 Å². The summed E-state index contributed by atoms with van der Waals surface area (Å²) in [5, 5.41) is 18.9. The summed E-state index contributed by atoms with van der Waals surface area (Å²) in [4.78, 5) is 22.4. The number of carboxylic acids is 2. The van der Waals surface area contributed by atoms with E-state index in [1.807, 2.05) is 0 Å². The average molecular weight is 600 g/mol. The fourth-order valence-corrected chi connectivity index (χ4v) is 4.59. The molecule has 7 nitrogen and oxygen atoms in total. The van der Waals surface area contributed by atoms with Crippen LogP contribution in [0.2, 0.25) is 0 Å². The highest BCUT2D eigenvalue weighted by Gasteiger charge is 2.16. The minimum Gasteiger partial charge on any atom is -0.494 e. The summed E-state index contributed by atoms with van der Waals surface area (Å²) in [6.45, 7) is 0.110. The molecule has 0 aliphatic rings. The molecule has 11 heteroatoms. The van der Waals surface area contributed by atoms with Gasteiger partial charge in [-0.15, -0.1) is 0 Å². The smallest absolute Gasteiger partial charge is 0.323 e. The number of aliphatic carboxylic acids is 2. The van der Waals surface area contributed by atoms with E-state index >= 15 is 0 Å². The van der Waals surface area contributed by atoms with E-state index in [0.717, 1.165) is 17.7 Å². The first-order chi connectivity index (χ1) is 20.6. The molecule has 4 rings (SSSR count). The molecular weight excluding hydrogens is 570 g/mol. The van der Waals surface area contributed by atoms with Crippen molar-refractivity contribution in [2.24, 2.45) is 0 Å². The highest BCUT2D eigenvalue weighted by Crippen LogP contribution is 2.29. The van der Waals surface area contributed by atoms with Crippen molar-refractivity contribution in [1.29, 1.82) is 0 Å². The highest BCUT2D eigenvalue weighted by atomic mass is 19.2. The topological polar surface area (TPSA) is 98.0 Å². The summed E-state index contributed by atoms with van der Waals surface area (Å²) in [5.41, 5.74) is 2.48. The quantitative estimate of drug-likeness (QED) is 0.0655. The van der Waals surface area contributed by atoms with Crippen LogP contribution in [-0.2, 0) is 22.6 Å². The molecule has 0 unspecified atom stereocenters. The molecule has 3 aromatic carbocycles. The van der Waals surface area contributed by atoms with Gasteiger partial charge in [-0.05, 0) is 73.2 Å². The normalized spacial score (nSPS) is 11.3. The van der Waals surface area contributed by atoms with Gasteiger partial charge in [-0.2, -0.15) is 4.39 Å². The van der Waals surface area contributed by atoms with Crippen LogP contribution in [0, 0.1) is 23.3 Å². The molecule has 2 N–H and O–H groups in total. The first-order valence-electron chi connectivity index (χ1n) is 13.5. The number of ether oxygens (including phenoxy) is 2. The van der Waals surface area contributed by atoms with Crippen molar-refractivity contribution in [1.82, 2.24) is 4.57 Å². The Labute approximate surface area is 244 Å². The number of carbonyl (C=O) groups is 2. The first-order valence-corrected chi connectivity index (χ1v) is 13.5. The molecule has 1 heterocycles. The maximum Gasteiger partial charge on any atom is 0.323 e. The molecule has 0 amide bonds. The Hall–Kier alpha value is -4.80. The summed E-state index contributed by atoms with van der Waals surface area (Å²) in [6, 6.07) is 11.6. The number of hydrogen-bond acceptors (Lipinski definition) is 4. The van der Waals surface area contributed by atoms with Crippen molar-refractivity contribution in [3.63, 3.8) is 0 Å². The van der Waals surface area contributed by atoms with Crippen LogP contribution in [0.5, 0.6) is 11.5 Å². The molecule has 0 bridgehead atoms. The number of hydrogen-bond donors (Lipinski definition) is 2. The molecular formula is C32H29F4NO6. The maximum atomic E-state index is 14.6. The van der Waals surface area contributed by atoms with Gasteiger partial charge in [0.05, 0.1) is 18.7 Å². The van der Waals surface area contributed by atoms with Gasteiger partial charge in [-0.3, -0.25) is 9.59 Å². The largest absolute Gasteiger partial charge is 0.494 e. The summed E-state index contributed by atoms with van der Waals surface area (Å²) in [6.07, 6.45) is 6.79. The third kappa shape index (κ3) is 8.37. The third-order valence-corrected chi connectivity index (χ3v) is 6.59. The van der Waals surface area contributed by atoms with Crippen LogP contribution in [0.25, 0.3) is 23.1 Å². The number of fused-ring (bicyclic) bond motifs is 1. The number of nitrogens with zero attached hydrogens (tertiary/aromatic N) is 1. The minimum atomic E-state index is -1.57. The van der Waals surface area contributed by atoms with Crippen molar-refractivity contribution < 1.29 is 46.8 Å². The Morgan fingerprint density at radius 2 is 1.53 bits per heavy atom. The van der Waals surface area contributed by atoms with E-state index in [1.54, 1.807) is 42.6 Å². The van der Waals surface area contributed by atoms with Gasteiger partial charge in [-0.1, -0.05) is 24.3 Å². The fourth-order valence-electron chi connectivity index (χ4n) is 4.59. The average Bonchev–Trinajstić information content (AvgIpc) is 3.29.